The fraction of sp³-hybridized carbons (Fsp3) is 0.250. The summed E-state index contributed by atoms with van der Waals surface area (Å²) in [6, 6.07) is 17.5. The standard InChI is InChI=1S/C20H21NO3S/c1-4-14-20(25-17-8-6-5-7-9-17)18(24-3)19(22)21(20)15-10-12-16(23-2)13-11-15/h4-13,18H,1,14H2,2-3H3/t18-,20-/m0/s1. The smallest absolute Gasteiger partial charge is 0.260 e. The van der Waals surface area contributed by atoms with Crippen LogP contribution in [0.2, 0.25) is 0 Å². The van der Waals surface area contributed by atoms with Crippen LogP contribution >= 0.6 is 11.8 Å². The molecule has 5 heteroatoms. The van der Waals surface area contributed by atoms with E-state index in [9.17, 15) is 4.79 Å². The summed E-state index contributed by atoms with van der Waals surface area (Å²) in [4.78, 5) is 15.1. The lowest BCUT2D eigenvalue weighted by atomic mass is 9.92. The molecule has 0 aliphatic carbocycles. The molecule has 2 aromatic rings. The monoisotopic (exact) mass is 355 g/mol. The summed E-state index contributed by atoms with van der Waals surface area (Å²) in [7, 11) is 3.20. The van der Waals surface area contributed by atoms with E-state index in [1.165, 1.54) is 0 Å². The van der Waals surface area contributed by atoms with Gasteiger partial charge in [-0.05, 0) is 36.4 Å². The van der Waals surface area contributed by atoms with Crippen LogP contribution in [0.1, 0.15) is 6.42 Å². The number of thioether (sulfide) groups is 1. The van der Waals surface area contributed by atoms with Crippen molar-refractivity contribution < 1.29 is 14.3 Å². The molecule has 0 unspecified atom stereocenters. The van der Waals surface area contributed by atoms with Gasteiger partial charge in [-0.2, -0.15) is 0 Å². The number of amides is 1. The first-order valence-electron chi connectivity index (χ1n) is 8.02. The molecule has 1 amide bonds. The van der Waals surface area contributed by atoms with E-state index in [2.05, 4.69) is 6.58 Å². The molecule has 1 aliphatic rings. The van der Waals surface area contributed by atoms with Crippen molar-refractivity contribution in [2.45, 2.75) is 22.3 Å². The van der Waals surface area contributed by atoms with E-state index in [-0.39, 0.29) is 5.91 Å². The Hall–Kier alpha value is -2.24. The number of carbonyl (C=O) groups is 1. The van der Waals surface area contributed by atoms with Gasteiger partial charge in [-0.15, -0.1) is 6.58 Å². The molecule has 130 valence electrons. The van der Waals surface area contributed by atoms with Crippen LogP contribution in [0.5, 0.6) is 5.75 Å². The number of benzene rings is 2. The fourth-order valence-electron chi connectivity index (χ4n) is 3.15. The first-order chi connectivity index (χ1) is 12.2. The molecule has 2 atom stereocenters. The van der Waals surface area contributed by atoms with Gasteiger partial charge in [0.1, 0.15) is 10.6 Å². The molecule has 1 heterocycles. The summed E-state index contributed by atoms with van der Waals surface area (Å²) in [6.45, 7) is 3.89. The van der Waals surface area contributed by atoms with Crippen LogP contribution in [0.3, 0.4) is 0 Å². The second kappa shape index (κ2) is 7.33. The number of hydrogen-bond acceptors (Lipinski definition) is 4. The van der Waals surface area contributed by atoms with Crippen molar-refractivity contribution in [2.75, 3.05) is 19.1 Å². The first kappa shape index (κ1) is 17.6. The Morgan fingerprint density at radius 2 is 1.84 bits per heavy atom. The normalized spacial score (nSPS) is 22.4. The second-order valence-corrected chi connectivity index (χ2v) is 7.12. The summed E-state index contributed by atoms with van der Waals surface area (Å²) in [6.07, 6.45) is 1.94. The number of carbonyl (C=O) groups excluding carboxylic acids is 1. The Kier molecular flexibility index (Phi) is 5.16. The van der Waals surface area contributed by atoms with Crippen molar-refractivity contribution in [2.24, 2.45) is 0 Å². The Morgan fingerprint density at radius 1 is 1.16 bits per heavy atom. The van der Waals surface area contributed by atoms with E-state index in [4.69, 9.17) is 9.47 Å². The van der Waals surface area contributed by atoms with Crippen molar-refractivity contribution in [3.63, 3.8) is 0 Å². The van der Waals surface area contributed by atoms with Crippen molar-refractivity contribution >= 4 is 23.4 Å². The molecule has 0 spiro atoms. The van der Waals surface area contributed by atoms with Crippen LogP contribution in [-0.2, 0) is 9.53 Å². The predicted octanol–water partition coefficient (Wildman–Crippen LogP) is 4.12. The highest BCUT2D eigenvalue weighted by molar-refractivity contribution is 8.01. The number of hydrogen-bond donors (Lipinski definition) is 0. The molecule has 2 aromatic carbocycles. The minimum atomic E-state index is -0.552. The molecule has 0 aromatic heterocycles. The number of methoxy groups -OCH3 is 2. The van der Waals surface area contributed by atoms with Crippen LogP contribution in [0.15, 0.2) is 72.1 Å². The number of rotatable bonds is 7. The Bertz CT molecular complexity index is 747. The molecular formula is C20H21NO3S. The third-order valence-electron chi connectivity index (χ3n) is 4.27. The number of anilines is 1. The SMILES string of the molecule is C=CC[C@]1(Sc2ccccc2)[C@@H](OC)C(=O)N1c1ccc(OC)cc1. The Morgan fingerprint density at radius 3 is 2.40 bits per heavy atom. The van der Waals surface area contributed by atoms with Gasteiger partial charge >= 0.3 is 0 Å². The zero-order valence-corrected chi connectivity index (χ0v) is 15.2. The molecule has 0 N–H and O–H groups in total. The Labute approximate surface area is 152 Å². The van der Waals surface area contributed by atoms with Crippen LogP contribution in [0, 0.1) is 0 Å². The van der Waals surface area contributed by atoms with E-state index in [0.717, 1.165) is 16.3 Å². The molecule has 1 aliphatic heterocycles. The molecule has 3 rings (SSSR count). The maximum Gasteiger partial charge on any atom is 0.260 e. The van der Waals surface area contributed by atoms with Crippen LogP contribution in [-0.4, -0.2) is 31.1 Å². The van der Waals surface area contributed by atoms with Gasteiger partial charge in [0.25, 0.3) is 5.91 Å². The fourth-order valence-corrected chi connectivity index (χ4v) is 4.64. The predicted molar refractivity (Wildman–Crippen MR) is 101 cm³/mol. The van der Waals surface area contributed by atoms with E-state index in [1.807, 2.05) is 60.7 Å². The Balaban J connectivity index is 2.00. The van der Waals surface area contributed by atoms with Crippen molar-refractivity contribution in [1.29, 1.82) is 0 Å². The highest BCUT2D eigenvalue weighted by Gasteiger charge is 2.61. The second-order valence-electron chi connectivity index (χ2n) is 5.74. The average Bonchev–Trinajstić information content (AvgIpc) is 2.64. The van der Waals surface area contributed by atoms with Gasteiger partial charge in [-0.3, -0.25) is 9.69 Å². The quantitative estimate of drug-likeness (QED) is 0.553. The van der Waals surface area contributed by atoms with E-state index in [0.29, 0.717) is 6.42 Å². The summed E-state index contributed by atoms with van der Waals surface area (Å²) >= 11 is 1.63. The van der Waals surface area contributed by atoms with Crippen LogP contribution in [0.25, 0.3) is 0 Å². The lowest BCUT2D eigenvalue weighted by Gasteiger charge is -2.55. The van der Waals surface area contributed by atoms with Gasteiger partial charge in [0.05, 0.1) is 7.11 Å². The summed E-state index contributed by atoms with van der Waals surface area (Å²) < 4.78 is 10.8. The molecular weight excluding hydrogens is 334 g/mol. The lowest BCUT2D eigenvalue weighted by Crippen LogP contribution is -2.73. The lowest BCUT2D eigenvalue weighted by molar-refractivity contribution is -0.141. The molecule has 0 saturated carbocycles. The summed E-state index contributed by atoms with van der Waals surface area (Å²) in [5.41, 5.74) is 0.824. The van der Waals surface area contributed by atoms with Crippen LogP contribution in [0.4, 0.5) is 5.69 Å². The molecule has 4 nitrogen and oxygen atoms in total. The van der Waals surface area contributed by atoms with Gasteiger partial charge < -0.3 is 9.47 Å². The topological polar surface area (TPSA) is 38.8 Å². The van der Waals surface area contributed by atoms with E-state index < -0.39 is 11.0 Å². The molecule has 25 heavy (non-hydrogen) atoms. The third kappa shape index (κ3) is 3.05. The van der Waals surface area contributed by atoms with Crippen LogP contribution < -0.4 is 9.64 Å². The van der Waals surface area contributed by atoms with Crippen molar-refractivity contribution in [3.05, 3.63) is 67.3 Å². The third-order valence-corrected chi connectivity index (χ3v) is 5.70. The van der Waals surface area contributed by atoms with E-state index in [1.54, 1.807) is 30.9 Å². The maximum absolute atomic E-state index is 12.8. The highest BCUT2D eigenvalue weighted by Crippen LogP contribution is 2.51. The number of nitrogens with zero attached hydrogens (tertiary/aromatic N) is 1. The summed E-state index contributed by atoms with van der Waals surface area (Å²) in [5, 5.41) is 0. The molecule has 1 saturated heterocycles. The van der Waals surface area contributed by atoms with Gasteiger partial charge in [0.15, 0.2) is 6.10 Å². The zero-order chi connectivity index (χ0) is 17.9. The van der Waals surface area contributed by atoms with Gasteiger partial charge in [0.2, 0.25) is 0 Å². The highest BCUT2D eigenvalue weighted by atomic mass is 32.2. The average molecular weight is 355 g/mol. The molecule has 0 bridgehead atoms. The number of ether oxygens (including phenoxy) is 2. The van der Waals surface area contributed by atoms with Crippen molar-refractivity contribution in [3.8, 4) is 5.75 Å². The van der Waals surface area contributed by atoms with E-state index >= 15 is 0 Å². The van der Waals surface area contributed by atoms with Crippen molar-refractivity contribution in [1.82, 2.24) is 0 Å². The van der Waals surface area contributed by atoms with Gasteiger partial charge in [-0.1, -0.05) is 36.0 Å². The maximum atomic E-state index is 12.8. The number of β-lactam (4-membered cyclic amide) rings is 1. The van der Waals surface area contributed by atoms with Gasteiger partial charge in [0, 0.05) is 24.1 Å². The minimum Gasteiger partial charge on any atom is -0.497 e. The minimum absolute atomic E-state index is 0.0436. The molecule has 0 radical (unpaired) electrons. The largest absolute Gasteiger partial charge is 0.497 e. The van der Waals surface area contributed by atoms with Gasteiger partial charge in [-0.25, -0.2) is 0 Å². The zero-order valence-electron chi connectivity index (χ0n) is 14.3. The summed E-state index contributed by atoms with van der Waals surface area (Å²) in [5.74, 6) is 0.711. The first-order valence-corrected chi connectivity index (χ1v) is 8.84. The molecule has 1 fully saturated rings.